The summed E-state index contributed by atoms with van der Waals surface area (Å²) >= 11 is 5.86. The van der Waals surface area contributed by atoms with Gasteiger partial charge in [-0.1, -0.05) is 11.6 Å². The lowest BCUT2D eigenvalue weighted by molar-refractivity contribution is 0.112. The molecule has 1 aliphatic rings. The Kier molecular flexibility index (Phi) is 2.86. The zero-order valence-electron chi connectivity index (χ0n) is 8.46. The maximum Gasteiger partial charge on any atom is 0.156 e. The van der Waals surface area contributed by atoms with Crippen molar-refractivity contribution in [2.45, 2.75) is 32.2 Å². The van der Waals surface area contributed by atoms with Crippen LogP contribution in [0.2, 0.25) is 5.15 Å². The average molecular weight is 226 g/mol. The molecule has 4 nitrogen and oxygen atoms in total. The fourth-order valence-electron chi connectivity index (χ4n) is 1.51. The summed E-state index contributed by atoms with van der Waals surface area (Å²) in [5, 5.41) is 3.43. The fraction of sp³-hybridized carbons (Fsp3) is 0.500. The standard InChI is InChI=1S/C10H12ClN3O/c1-6-12-9(11)8(5-15)10(13-6)14-7-3-2-4-7/h5,7H,2-4H2,1H3,(H,12,13,14). The van der Waals surface area contributed by atoms with Gasteiger partial charge >= 0.3 is 0 Å². The van der Waals surface area contributed by atoms with Crippen molar-refractivity contribution in [2.75, 3.05) is 5.32 Å². The predicted octanol–water partition coefficient (Wildman–Crippen LogP) is 2.22. The molecule has 1 N–H and O–H groups in total. The highest BCUT2D eigenvalue weighted by molar-refractivity contribution is 6.32. The molecular weight excluding hydrogens is 214 g/mol. The maximum absolute atomic E-state index is 10.8. The molecule has 0 radical (unpaired) electrons. The van der Waals surface area contributed by atoms with Crippen molar-refractivity contribution in [2.24, 2.45) is 0 Å². The van der Waals surface area contributed by atoms with Crippen LogP contribution in [0.3, 0.4) is 0 Å². The first-order valence-corrected chi connectivity index (χ1v) is 5.34. The Bertz CT molecular complexity index is 390. The van der Waals surface area contributed by atoms with Gasteiger partial charge in [-0.3, -0.25) is 4.79 Å². The molecule has 0 aromatic carbocycles. The quantitative estimate of drug-likeness (QED) is 0.633. The van der Waals surface area contributed by atoms with Gasteiger partial charge in [0.25, 0.3) is 0 Å². The van der Waals surface area contributed by atoms with Crippen LogP contribution in [0.4, 0.5) is 5.82 Å². The molecule has 0 unspecified atom stereocenters. The van der Waals surface area contributed by atoms with E-state index < -0.39 is 0 Å². The molecular formula is C10H12ClN3O. The number of aryl methyl sites for hydroxylation is 1. The first-order valence-electron chi connectivity index (χ1n) is 4.96. The Morgan fingerprint density at radius 3 is 2.73 bits per heavy atom. The lowest BCUT2D eigenvalue weighted by atomic mass is 9.93. The van der Waals surface area contributed by atoms with E-state index in [0.717, 1.165) is 12.8 Å². The van der Waals surface area contributed by atoms with Crippen LogP contribution in [-0.4, -0.2) is 22.3 Å². The molecule has 0 bridgehead atoms. The molecule has 80 valence electrons. The first kappa shape index (κ1) is 10.4. The van der Waals surface area contributed by atoms with Crippen LogP contribution in [-0.2, 0) is 0 Å². The number of aldehydes is 1. The van der Waals surface area contributed by atoms with Crippen molar-refractivity contribution in [1.29, 1.82) is 0 Å². The third kappa shape index (κ3) is 2.09. The van der Waals surface area contributed by atoms with Gasteiger partial charge in [0.2, 0.25) is 0 Å². The Morgan fingerprint density at radius 2 is 2.20 bits per heavy atom. The van der Waals surface area contributed by atoms with Crippen LogP contribution in [0.5, 0.6) is 0 Å². The molecule has 5 heteroatoms. The summed E-state index contributed by atoms with van der Waals surface area (Å²) in [5.41, 5.74) is 0.356. The number of hydrogen-bond acceptors (Lipinski definition) is 4. The van der Waals surface area contributed by atoms with Gasteiger partial charge in [0.15, 0.2) is 6.29 Å². The lowest BCUT2D eigenvalue weighted by Gasteiger charge is -2.27. The van der Waals surface area contributed by atoms with E-state index in [-0.39, 0.29) is 5.15 Å². The molecule has 0 atom stereocenters. The number of anilines is 1. The molecule has 15 heavy (non-hydrogen) atoms. The molecule has 1 aromatic heterocycles. The molecule has 0 aliphatic heterocycles. The average Bonchev–Trinajstić information content (AvgIpc) is 2.10. The molecule has 2 rings (SSSR count). The zero-order valence-corrected chi connectivity index (χ0v) is 9.21. The number of halogens is 1. The Labute approximate surface area is 93.1 Å². The SMILES string of the molecule is Cc1nc(Cl)c(C=O)c(NC2CCC2)n1. The summed E-state index contributed by atoms with van der Waals surface area (Å²) < 4.78 is 0. The molecule has 1 saturated carbocycles. The molecule has 0 amide bonds. The number of aromatic nitrogens is 2. The number of hydrogen-bond donors (Lipinski definition) is 1. The zero-order chi connectivity index (χ0) is 10.8. The maximum atomic E-state index is 10.8. The number of carbonyl (C=O) groups is 1. The number of nitrogens with one attached hydrogen (secondary N) is 1. The Morgan fingerprint density at radius 1 is 1.47 bits per heavy atom. The van der Waals surface area contributed by atoms with E-state index in [4.69, 9.17) is 11.6 Å². The van der Waals surface area contributed by atoms with Crippen molar-refractivity contribution >= 4 is 23.7 Å². The van der Waals surface area contributed by atoms with Crippen molar-refractivity contribution in [3.63, 3.8) is 0 Å². The minimum absolute atomic E-state index is 0.222. The summed E-state index contributed by atoms with van der Waals surface area (Å²) in [6.45, 7) is 1.76. The third-order valence-electron chi connectivity index (χ3n) is 2.57. The van der Waals surface area contributed by atoms with Crippen molar-refractivity contribution in [3.8, 4) is 0 Å². The summed E-state index contributed by atoms with van der Waals surface area (Å²) in [6.07, 6.45) is 4.17. The monoisotopic (exact) mass is 225 g/mol. The van der Waals surface area contributed by atoms with Crippen molar-refractivity contribution in [3.05, 3.63) is 16.5 Å². The molecule has 0 spiro atoms. The molecule has 1 heterocycles. The molecule has 1 fully saturated rings. The van der Waals surface area contributed by atoms with Crippen LogP contribution < -0.4 is 5.32 Å². The minimum Gasteiger partial charge on any atom is -0.367 e. The number of carbonyl (C=O) groups excluding carboxylic acids is 1. The lowest BCUT2D eigenvalue weighted by Crippen LogP contribution is -2.28. The summed E-state index contributed by atoms with van der Waals surface area (Å²) in [7, 11) is 0. The first-order chi connectivity index (χ1) is 7.20. The fourth-order valence-corrected chi connectivity index (χ4v) is 1.76. The smallest absolute Gasteiger partial charge is 0.156 e. The van der Waals surface area contributed by atoms with Crippen molar-refractivity contribution in [1.82, 2.24) is 9.97 Å². The van der Waals surface area contributed by atoms with Gasteiger partial charge in [0.1, 0.15) is 16.8 Å². The van der Waals surface area contributed by atoms with Crippen LogP contribution in [0.25, 0.3) is 0 Å². The highest BCUT2D eigenvalue weighted by Crippen LogP contribution is 2.25. The molecule has 1 aromatic rings. The summed E-state index contributed by atoms with van der Waals surface area (Å²) in [5.74, 6) is 1.14. The van der Waals surface area contributed by atoms with E-state index >= 15 is 0 Å². The second-order valence-corrected chi connectivity index (χ2v) is 4.07. The third-order valence-corrected chi connectivity index (χ3v) is 2.86. The van der Waals surface area contributed by atoms with Gasteiger partial charge in [0, 0.05) is 6.04 Å². The van der Waals surface area contributed by atoms with E-state index in [2.05, 4.69) is 15.3 Å². The minimum atomic E-state index is 0.222. The van der Waals surface area contributed by atoms with E-state index in [1.54, 1.807) is 6.92 Å². The second kappa shape index (κ2) is 4.14. The van der Waals surface area contributed by atoms with Gasteiger partial charge in [-0.15, -0.1) is 0 Å². The predicted molar refractivity (Wildman–Crippen MR) is 58.4 cm³/mol. The van der Waals surface area contributed by atoms with Gasteiger partial charge < -0.3 is 5.32 Å². The largest absolute Gasteiger partial charge is 0.367 e. The van der Waals surface area contributed by atoms with E-state index in [1.807, 2.05) is 0 Å². The second-order valence-electron chi connectivity index (χ2n) is 3.71. The Balaban J connectivity index is 2.29. The van der Waals surface area contributed by atoms with Gasteiger partial charge in [0.05, 0.1) is 5.56 Å². The summed E-state index contributed by atoms with van der Waals surface area (Å²) in [6, 6.07) is 0.425. The number of rotatable bonds is 3. The van der Waals surface area contributed by atoms with Crippen LogP contribution in [0.1, 0.15) is 35.4 Å². The van der Waals surface area contributed by atoms with Crippen LogP contribution >= 0.6 is 11.6 Å². The van der Waals surface area contributed by atoms with Crippen LogP contribution in [0.15, 0.2) is 0 Å². The molecule has 0 saturated heterocycles. The van der Waals surface area contributed by atoms with Gasteiger partial charge in [-0.25, -0.2) is 9.97 Å². The van der Waals surface area contributed by atoms with Gasteiger partial charge in [-0.05, 0) is 26.2 Å². The highest BCUT2D eigenvalue weighted by atomic mass is 35.5. The highest BCUT2D eigenvalue weighted by Gasteiger charge is 2.20. The normalized spacial score (nSPS) is 15.9. The van der Waals surface area contributed by atoms with E-state index in [1.165, 1.54) is 6.42 Å². The Hall–Kier alpha value is -1.16. The van der Waals surface area contributed by atoms with Gasteiger partial charge in [-0.2, -0.15) is 0 Å². The van der Waals surface area contributed by atoms with E-state index in [0.29, 0.717) is 29.5 Å². The number of nitrogens with zero attached hydrogens (tertiary/aromatic N) is 2. The topological polar surface area (TPSA) is 54.9 Å². The summed E-state index contributed by atoms with van der Waals surface area (Å²) in [4.78, 5) is 19.0. The van der Waals surface area contributed by atoms with E-state index in [9.17, 15) is 4.79 Å². The van der Waals surface area contributed by atoms with Crippen molar-refractivity contribution < 1.29 is 4.79 Å². The van der Waals surface area contributed by atoms with Crippen LogP contribution in [0, 0.1) is 6.92 Å². The molecule has 1 aliphatic carbocycles.